The third kappa shape index (κ3) is 3.55. The van der Waals surface area contributed by atoms with E-state index in [2.05, 4.69) is 194 Å². The van der Waals surface area contributed by atoms with Gasteiger partial charge >= 0.3 is 0 Å². The molecule has 3 aliphatic rings. The van der Waals surface area contributed by atoms with E-state index < -0.39 is 10.8 Å². The summed E-state index contributed by atoms with van der Waals surface area (Å²) in [5.41, 5.74) is 16.6. The van der Waals surface area contributed by atoms with Gasteiger partial charge in [0.2, 0.25) is 0 Å². The number of hydrogen-bond acceptors (Lipinski definition) is 1. The van der Waals surface area contributed by atoms with Gasteiger partial charge in [-0.3, -0.25) is 0 Å². The summed E-state index contributed by atoms with van der Waals surface area (Å²) in [6.45, 7) is 0. The molecule has 1 aliphatic heterocycles. The monoisotopic (exact) mass is 648 g/mol. The Morgan fingerprint density at radius 1 is 0.275 bits per heavy atom. The maximum Gasteiger partial charge on any atom is 0.140 e. The normalized spacial score (nSPS) is 14.7. The van der Waals surface area contributed by atoms with E-state index in [1.165, 1.54) is 61.2 Å². The van der Waals surface area contributed by atoms with Gasteiger partial charge in [-0.25, -0.2) is 0 Å². The molecule has 238 valence electrons. The van der Waals surface area contributed by atoms with Crippen molar-refractivity contribution in [1.82, 2.24) is 0 Å². The van der Waals surface area contributed by atoms with E-state index in [1.807, 2.05) is 0 Å². The van der Waals surface area contributed by atoms with E-state index in [9.17, 15) is 0 Å². The van der Waals surface area contributed by atoms with Gasteiger partial charge in [0.15, 0.2) is 0 Å². The Balaban J connectivity index is 1.24. The lowest BCUT2D eigenvalue weighted by Crippen LogP contribution is -2.34. The minimum Gasteiger partial charge on any atom is -0.456 e. The largest absolute Gasteiger partial charge is 0.456 e. The molecule has 0 radical (unpaired) electrons. The fourth-order valence-corrected chi connectivity index (χ4v) is 9.81. The van der Waals surface area contributed by atoms with Gasteiger partial charge in [-0.05, 0) is 67.3 Å². The number of para-hydroxylation sites is 2. The smallest absolute Gasteiger partial charge is 0.140 e. The van der Waals surface area contributed by atoms with E-state index in [4.69, 9.17) is 4.74 Å². The van der Waals surface area contributed by atoms with Crippen molar-refractivity contribution in [3.63, 3.8) is 0 Å². The molecule has 1 heteroatoms. The molecule has 0 atom stereocenters. The highest BCUT2D eigenvalue weighted by atomic mass is 16.5. The number of ether oxygens (including phenoxy) is 1. The number of hydrogen-bond donors (Lipinski definition) is 0. The molecule has 8 aromatic carbocycles. The van der Waals surface area contributed by atoms with E-state index >= 15 is 0 Å². The van der Waals surface area contributed by atoms with Crippen LogP contribution in [0.3, 0.4) is 0 Å². The van der Waals surface area contributed by atoms with Gasteiger partial charge in [0, 0.05) is 16.7 Å². The van der Waals surface area contributed by atoms with E-state index in [0.717, 1.165) is 28.2 Å². The molecule has 0 saturated carbocycles. The third-order valence-corrected chi connectivity index (χ3v) is 11.6. The average Bonchev–Trinajstić information content (AvgIpc) is 3.68. The molecular weight excluding hydrogens is 617 g/mol. The maximum absolute atomic E-state index is 7.14. The topological polar surface area (TPSA) is 9.23 Å². The first kappa shape index (κ1) is 28.4. The SMILES string of the molecule is c1ccc(C2(c3ccccc3)c3ccccc3Oc3c(-c4cccc5c4-c4ccccc4C54c5ccccc5-c5ccccc54)cccc32)cc1. The fraction of sp³-hybridized carbons (Fsp3) is 0.0400. The van der Waals surface area contributed by atoms with Crippen molar-refractivity contribution in [3.8, 4) is 44.9 Å². The minimum absolute atomic E-state index is 0.407. The van der Waals surface area contributed by atoms with Crippen LogP contribution in [0.5, 0.6) is 11.5 Å². The van der Waals surface area contributed by atoms with Crippen LogP contribution in [-0.4, -0.2) is 0 Å². The van der Waals surface area contributed by atoms with Crippen molar-refractivity contribution >= 4 is 0 Å². The standard InChI is InChI=1S/C50H32O/c1-3-17-33(18-4-1)49(34-19-5-2-6-20-34)43-29-13-14-32-46(43)51-48-38(25-16-31-45(48)49)37-24-15-30-44-47(37)39-23-9-12-28-42(39)50(44)40-26-10-7-21-35(40)36-22-8-11-27-41(36)50/h1-32H. The van der Waals surface area contributed by atoms with Crippen LogP contribution < -0.4 is 4.74 Å². The molecule has 1 heterocycles. The highest BCUT2D eigenvalue weighted by Gasteiger charge is 2.52. The highest BCUT2D eigenvalue weighted by molar-refractivity contribution is 6.01. The Morgan fingerprint density at radius 2 is 0.706 bits per heavy atom. The Morgan fingerprint density at radius 3 is 1.33 bits per heavy atom. The molecule has 11 rings (SSSR count). The van der Waals surface area contributed by atoms with Gasteiger partial charge in [0.05, 0.1) is 10.8 Å². The zero-order chi connectivity index (χ0) is 33.6. The molecule has 1 nitrogen and oxygen atoms in total. The van der Waals surface area contributed by atoms with E-state index in [1.54, 1.807) is 0 Å². The summed E-state index contributed by atoms with van der Waals surface area (Å²) in [4.78, 5) is 0. The Labute approximate surface area is 298 Å². The highest BCUT2D eigenvalue weighted by Crippen LogP contribution is 2.65. The molecule has 0 bridgehead atoms. The number of fused-ring (bicyclic) bond motifs is 12. The number of rotatable bonds is 3. The Kier molecular flexibility index (Phi) is 5.86. The summed E-state index contributed by atoms with van der Waals surface area (Å²) in [6.07, 6.45) is 0. The lowest BCUT2D eigenvalue weighted by atomic mass is 9.63. The Hall–Kier alpha value is -6.44. The molecule has 8 aromatic rings. The molecule has 0 unspecified atom stereocenters. The van der Waals surface area contributed by atoms with Crippen molar-refractivity contribution < 1.29 is 4.74 Å². The summed E-state index contributed by atoms with van der Waals surface area (Å²) in [6, 6.07) is 71.2. The van der Waals surface area contributed by atoms with Crippen molar-refractivity contribution in [2.24, 2.45) is 0 Å². The molecule has 0 aromatic heterocycles. The second kappa shape index (κ2) is 10.5. The summed E-state index contributed by atoms with van der Waals surface area (Å²) >= 11 is 0. The zero-order valence-electron chi connectivity index (χ0n) is 27.9. The van der Waals surface area contributed by atoms with E-state index in [-0.39, 0.29) is 0 Å². The van der Waals surface area contributed by atoms with Crippen LogP contribution >= 0.6 is 0 Å². The van der Waals surface area contributed by atoms with Gasteiger partial charge < -0.3 is 4.74 Å². The van der Waals surface area contributed by atoms with Gasteiger partial charge in [0.1, 0.15) is 11.5 Å². The Bertz CT molecular complexity index is 2580. The second-order valence-electron chi connectivity index (χ2n) is 13.9. The zero-order valence-corrected chi connectivity index (χ0v) is 27.9. The van der Waals surface area contributed by atoms with Crippen LogP contribution in [0.25, 0.3) is 33.4 Å². The predicted molar refractivity (Wildman–Crippen MR) is 207 cm³/mol. The average molecular weight is 649 g/mol. The maximum atomic E-state index is 7.14. The molecule has 0 amide bonds. The van der Waals surface area contributed by atoms with Crippen LogP contribution in [0.15, 0.2) is 194 Å². The van der Waals surface area contributed by atoms with Crippen molar-refractivity contribution in [2.45, 2.75) is 10.8 Å². The van der Waals surface area contributed by atoms with Gasteiger partial charge in [-0.15, -0.1) is 0 Å². The van der Waals surface area contributed by atoms with Crippen molar-refractivity contribution in [1.29, 1.82) is 0 Å². The lowest BCUT2D eigenvalue weighted by Gasteiger charge is -2.42. The van der Waals surface area contributed by atoms with Crippen LogP contribution in [0.1, 0.15) is 44.5 Å². The third-order valence-electron chi connectivity index (χ3n) is 11.6. The van der Waals surface area contributed by atoms with E-state index in [0.29, 0.717) is 0 Å². The first-order valence-electron chi connectivity index (χ1n) is 17.8. The van der Waals surface area contributed by atoms with Crippen molar-refractivity contribution in [3.05, 3.63) is 239 Å². The van der Waals surface area contributed by atoms with Gasteiger partial charge in [0.25, 0.3) is 0 Å². The van der Waals surface area contributed by atoms with Crippen LogP contribution in [0.4, 0.5) is 0 Å². The fourth-order valence-electron chi connectivity index (χ4n) is 9.81. The molecule has 0 N–H and O–H groups in total. The molecular formula is C50H32O. The quantitative estimate of drug-likeness (QED) is 0.185. The van der Waals surface area contributed by atoms with Gasteiger partial charge in [-0.2, -0.15) is 0 Å². The van der Waals surface area contributed by atoms with Crippen LogP contribution in [0, 0.1) is 0 Å². The van der Waals surface area contributed by atoms with Crippen molar-refractivity contribution in [2.75, 3.05) is 0 Å². The summed E-state index contributed by atoms with van der Waals surface area (Å²) in [5, 5.41) is 0. The lowest BCUT2D eigenvalue weighted by molar-refractivity contribution is 0.436. The van der Waals surface area contributed by atoms with Crippen LogP contribution in [0.2, 0.25) is 0 Å². The first-order chi connectivity index (χ1) is 25.3. The minimum atomic E-state index is -0.580. The second-order valence-corrected chi connectivity index (χ2v) is 13.9. The molecule has 1 spiro atoms. The summed E-state index contributed by atoms with van der Waals surface area (Å²) in [5.74, 6) is 1.79. The number of benzene rings is 8. The molecule has 51 heavy (non-hydrogen) atoms. The summed E-state index contributed by atoms with van der Waals surface area (Å²) < 4.78 is 7.14. The molecule has 0 fully saturated rings. The molecule has 0 saturated heterocycles. The summed E-state index contributed by atoms with van der Waals surface area (Å²) in [7, 11) is 0. The first-order valence-corrected chi connectivity index (χ1v) is 17.8. The van der Waals surface area contributed by atoms with Crippen LogP contribution in [-0.2, 0) is 10.8 Å². The molecule has 2 aliphatic carbocycles. The predicted octanol–water partition coefficient (Wildman–Crippen LogP) is 12.2. The van der Waals surface area contributed by atoms with Gasteiger partial charge in [-0.1, -0.05) is 188 Å².